The summed E-state index contributed by atoms with van der Waals surface area (Å²) >= 11 is 1.45. The van der Waals surface area contributed by atoms with Crippen LogP contribution in [0.15, 0.2) is 18.2 Å². The van der Waals surface area contributed by atoms with Crippen LogP contribution >= 0.6 is 11.3 Å². The van der Waals surface area contributed by atoms with Gasteiger partial charge in [0.15, 0.2) is 5.01 Å². The summed E-state index contributed by atoms with van der Waals surface area (Å²) in [6.45, 7) is 0. The normalized spacial score (nSPS) is 10.1. The summed E-state index contributed by atoms with van der Waals surface area (Å²) in [7, 11) is 5.06. The third-order valence-corrected chi connectivity index (χ3v) is 3.24. The SMILES string of the molecule is CNc1nnc(-c2c(OC)cccc2OC)s1. The largest absolute Gasteiger partial charge is 0.496 e. The van der Waals surface area contributed by atoms with Crippen molar-refractivity contribution < 1.29 is 9.47 Å². The first-order chi connectivity index (χ1) is 8.30. The number of benzene rings is 1. The van der Waals surface area contributed by atoms with E-state index < -0.39 is 0 Å². The molecule has 2 rings (SSSR count). The molecule has 17 heavy (non-hydrogen) atoms. The second-order valence-corrected chi connectivity index (χ2v) is 4.18. The maximum absolute atomic E-state index is 5.32. The highest BCUT2D eigenvalue weighted by atomic mass is 32.1. The van der Waals surface area contributed by atoms with Crippen LogP contribution in [-0.2, 0) is 0 Å². The highest BCUT2D eigenvalue weighted by Crippen LogP contribution is 2.40. The van der Waals surface area contributed by atoms with Gasteiger partial charge in [-0.15, -0.1) is 10.2 Å². The van der Waals surface area contributed by atoms with E-state index in [-0.39, 0.29) is 0 Å². The molecule has 0 unspecified atom stereocenters. The van der Waals surface area contributed by atoms with Gasteiger partial charge in [0.05, 0.1) is 19.8 Å². The average Bonchev–Trinajstić information content (AvgIpc) is 2.86. The number of methoxy groups -OCH3 is 2. The lowest BCUT2D eigenvalue weighted by Crippen LogP contribution is -1.92. The summed E-state index contributed by atoms with van der Waals surface area (Å²) in [5, 5.41) is 12.6. The summed E-state index contributed by atoms with van der Waals surface area (Å²) < 4.78 is 10.6. The second-order valence-electron chi connectivity index (χ2n) is 3.20. The van der Waals surface area contributed by atoms with Crippen molar-refractivity contribution >= 4 is 16.5 Å². The third kappa shape index (κ3) is 2.16. The predicted molar refractivity (Wildman–Crippen MR) is 68.0 cm³/mol. The molecular weight excluding hydrogens is 238 g/mol. The number of ether oxygens (including phenoxy) is 2. The Morgan fingerprint density at radius 2 is 1.76 bits per heavy atom. The molecule has 0 atom stereocenters. The Bertz CT molecular complexity index is 491. The smallest absolute Gasteiger partial charge is 0.205 e. The van der Waals surface area contributed by atoms with E-state index in [1.54, 1.807) is 14.2 Å². The Morgan fingerprint density at radius 3 is 2.24 bits per heavy atom. The van der Waals surface area contributed by atoms with E-state index in [9.17, 15) is 0 Å². The summed E-state index contributed by atoms with van der Waals surface area (Å²) in [4.78, 5) is 0. The molecule has 1 aromatic carbocycles. The molecule has 1 N–H and O–H groups in total. The number of anilines is 1. The monoisotopic (exact) mass is 251 g/mol. The second kappa shape index (κ2) is 5.01. The highest BCUT2D eigenvalue weighted by Gasteiger charge is 2.16. The van der Waals surface area contributed by atoms with Gasteiger partial charge in [0, 0.05) is 7.05 Å². The molecule has 90 valence electrons. The topological polar surface area (TPSA) is 56.3 Å². The molecule has 0 radical (unpaired) electrons. The summed E-state index contributed by atoms with van der Waals surface area (Å²) in [6, 6.07) is 5.62. The Morgan fingerprint density at radius 1 is 1.12 bits per heavy atom. The van der Waals surface area contributed by atoms with E-state index in [1.165, 1.54) is 11.3 Å². The molecular formula is C11H13N3O2S. The van der Waals surface area contributed by atoms with E-state index in [4.69, 9.17) is 9.47 Å². The number of aromatic nitrogens is 2. The average molecular weight is 251 g/mol. The van der Waals surface area contributed by atoms with Gasteiger partial charge in [0.1, 0.15) is 11.5 Å². The van der Waals surface area contributed by atoms with E-state index in [0.29, 0.717) is 0 Å². The van der Waals surface area contributed by atoms with Crippen molar-refractivity contribution in [2.24, 2.45) is 0 Å². The molecule has 0 aliphatic carbocycles. The predicted octanol–water partition coefficient (Wildman–Crippen LogP) is 2.26. The lowest BCUT2D eigenvalue weighted by Gasteiger charge is -2.09. The maximum atomic E-state index is 5.32. The van der Waals surface area contributed by atoms with Crippen molar-refractivity contribution in [1.82, 2.24) is 10.2 Å². The molecule has 2 aromatic rings. The fourth-order valence-electron chi connectivity index (χ4n) is 1.49. The molecule has 1 aromatic heterocycles. The van der Waals surface area contributed by atoms with Crippen molar-refractivity contribution in [3.63, 3.8) is 0 Å². The minimum absolute atomic E-state index is 0.725. The van der Waals surface area contributed by atoms with Gasteiger partial charge in [-0.05, 0) is 12.1 Å². The number of rotatable bonds is 4. The first kappa shape index (κ1) is 11.7. The van der Waals surface area contributed by atoms with Crippen LogP contribution in [0, 0.1) is 0 Å². The molecule has 0 saturated carbocycles. The first-order valence-corrected chi connectivity index (χ1v) is 5.84. The van der Waals surface area contributed by atoms with Gasteiger partial charge < -0.3 is 14.8 Å². The van der Waals surface area contributed by atoms with Crippen LogP contribution in [0.4, 0.5) is 5.13 Å². The van der Waals surface area contributed by atoms with Gasteiger partial charge in [-0.1, -0.05) is 17.4 Å². The molecule has 6 heteroatoms. The van der Waals surface area contributed by atoms with Crippen LogP contribution in [0.2, 0.25) is 0 Å². The summed E-state index contributed by atoms with van der Waals surface area (Å²) in [5.41, 5.74) is 0.830. The Labute approximate surface area is 103 Å². The fraction of sp³-hybridized carbons (Fsp3) is 0.273. The van der Waals surface area contributed by atoms with E-state index in [1.807, 2.05) is 25.2 Å². The van der Waals surface area contributed by atoms with Crippen molar-refractivity contribution in [3.05, 3.63) is 18.2 Å². The minimum Gasteiger partial charge on any atom is -0.496 e. The van der Waals surface area contributed by atoms with Crippen LogP contribution in [0.3, 0.4) is 0 Å². The number of nitrogens with zero attached hydrogens (tertiary/aromatic N) is 2. The molecule has 0 fully saturated rings. The van der Waals surface area contributed by atoms with Crippen molar-refractivity contribution in [2.45, 2.75) is 0 Å². The quantitative estimate of drug-likeness (QED) is 0.903. The van der Waals surface area contributed by atoms with Gasteiger partial charge in [-0.3, -0.25) is 0 Å². The van der Waals surface area contributed by atoms with Gasteiger partial charge in [-0.25, -0.2) is 0 Å². The van der Waals surface area contributed by atoms with E-state index >= 15 is 0 Å². The Hall–Kier alpha value is -1.82. The molecule has 0 aliphatic rings. The zero-order chi connectivity index (χ0) is 12.3. The van der Waals surface area contributed by atoms with Crippen LogP contribution in [0.1, 0.15) is 0 Å². The van der Waals surface area contributed by atoms with Gasteiger partial charge in [0.2, 0.25) is 5.13 Å². The van der Waals surface area contributed by atoms with Crippen LogP contribution in [0.25, 0.3) is 10.6 Å². The highest BCUT2D eigenvalue weighted by molar-refractivity contribution is 7.18. The zero-order valence-electron chi connectivity index (χ0n) is 9.85. The lowest BCUT2D eigenvalue weighted by molar-refractivity contribution is 0.397. The molecule has 0 amide bonds. The van der Waals surface area contributed by atoms with Crippen LogP contribution in [-0.4, -0.2) is 31.5 Å². The first-order valence-electron chi connectivity index (χ1n) is 5.02. The van der Waals surface area contributed by atoms with Crippen molar-refractivity contribution in [3.8, 4) is 22.1 Å². The van der Waals surface area contributed by atoms with E-state index in [2.05, 4.69) is 15.5 Å². The van der Waals surface area contributed by atoms with Gasteiger partial charge in [0.25, 0.3) is 0 Å². The number of hydrogen-bond donors (Lipinski definition) is 1. The van der Waals surface area contributed by atoms with Crippen LogP contribution in [0.5, 0.6) is 11.5 Å². The Balaban J connectivity index is 2.55. The van der Waals surface area contributed by atoms with Gasteiger partial charge in [-0.2, -0.15) is 0 Å². The third-order valence-electron chi connectivity index (χ3n) is 2.28. The molecule has 0 saturated heterocycles. The fourth-order valence-corrected chi connectivity index (χ4v) is 2.24. The summed E-state index contributed by atoms with van der Waals surface area (Å²) in [6.07, 6.45) is 0. The Kier molecular flexibility index (Phi) is 3.43. The van der Waals surface area contributed by atoms with Gasteiger partial charge >= 0.3 is 0 Å². The molecule has 0 bridgehead atoms. The minimum atomic E-state index is 0.725. The lowest BCUT2D eigenvalue weighted by atomic mass is 10.2. The molecule has 0 aliphatic heterocycles. The summed E-state index contributed by atoms with van der Waals surface area (Å²) in [5.74, 6) is 1.45. The molecule has 1 heterocycles. The maximum Gasteiger partial charge on any atom is 0.205 e. The van der Waals surface area contributed by atoms with Crippen molar-refractivity contribution in [2.75, 3.05) is 26.6 Å². The molecule has 5 nitrogen and oxygen atoms in total. The number of nitrogens with one attached hydrogen (secondary N) is 1. The zero-order valence-corrected chi connectivity index (χ0v) is 10.7. The van der Waals surface area contributed by atoms with Crippen LogP contribution < -0.4 is 14.8 Å². The van der Waals surface area contributed by atoms with E-state index in [0.717, 1.165) is 27.2 Å². The number of hydrogen-bond acceptors (Lipinski definition) is 6. The standard InChI is InChI=1S/C11H13N3O2S/c1-12-11-14-13-10(17-11)9-7(15-2)5-4-6-8(9)16-3/h4-6H,1-3H3,(H,12,14). The molecule has 0 spiro atoms. The van der Waals surface area contributed by atoms with Crippen molar-refractivity contribution in [1.29, 1.82) is 0 Å².